The van der Waals surface area contributed by atoms with Crippen LogP contribution >= 0.6 is 0 Å². The molecule has 0 atom stereocenters. The molecule has 0 N–H and O–H groups in total. The zero-order valence-corrected chi connectivity index (χ0v) is 3.64. The molecular weight excluding hydrogens is 96.0 g/mol. The molecule has 0 bridgehead atoms. The van der Waals surface area contributed by atoms with Crippen LogP contribution in [0.2, 0.25) is 0 Å². The Morgan fingerprint density at radius 3 is 2.43 bits per heavy atom. The molecule has 1 saturated heterocycles. The third-order valence-electron chi connectivity index (χ3n) is 0.736. The number of hydrogen-bond donors (Lipinski definition) is 0. The van der Waals surface area contributed by atoms with Gasteiger partial charge >= 0.3 is 7.40 Å². The normalized spacial score (nSPS) is 20.0. The predicted molar refractivity (Wildman–Crippen MR) is 21.7 cm³/mol. The van der Waals surface area contributed by atoms with Crippen molar-refractivity contribution in [2.45, 2.75) is 6.42 Å². The maximum atomic E-state index is 10.1. The number of ether oxygens (including phenoxy) is 1. The zero-order chi connectivity index (χ0) is 5.28. The fourth-order valence-electron chi connectivity index (χ4n) is 0.424. The predicted octanol–water partition coefficient (Wildman–Crippen LogP) is -0.385. The number of cyclic esters (lactones) is 1. The van der Waals surface area contributed by atoms with E-state index in [0.29, 0.717) is 0 Å². The molecule has 1 aliphatic rings. The molecule has 0 aromatic rings. The first-order valence-corrected chi connectivity index (χ1v) is 1.96. The minimum atomic E-state index is -0.398. The summed E-state index contributed by atoms with van der Waals surface area (Å²) in [6.07, 6.45) is -0.0278. The van der Waals surface area contributed by atoms with Crippen molar-refractivity contribution in [3.63, 3.8) is 0 Å². The van der Waals surface area contributed by atoms with Crippen molar-refractivity contribution in [3.05, 3.63) is 0 Å². The van der Waals surface area contributed by atoms with Gasteiger partial charge in [0.1, 0.15) is 6.42 Å². The molecule has 0 aromatic carbocycles. The number of carbonyl (C=O) groups is 2. The summed E-state index contributed by atoms with van der Waals surface area (Å²) in [6.45, 7) is -0.0150. The highest BCUT2D eigenvalue weighted by molar-refractivity contribution is 6.01. The van der Waals surface area contributed by atoms with Gasteiger partial charge < -0.3 is 4.74 Å². The molecule has 1 aliphatic heterocycles. The summed E-state index contributed by atoms with van der Waals surface area (Å²) < 4.78 is 4.28. The maximum Gasteiger partial charge on any atom is 1.00 e. The number of ketones is 1. The Morgan fingerprint density at radius 2 is 2.29 bits per heavy atom. The summed E-state index contributed by atoms with van der Waals surface area (Å²) in [4.78, 5) is 20.1. The Balaban J connectivity index is 0.000000490. The van der Waals surface area contributed by atoms with Gasteiger partial charge in [-0.05, 0) is 0 Å². The van der Waals surface area contributed by atoms with Gasteiger partial charge in [-0.25, -0.2) is 0 Å². The van der Waals surface area contributed by atoms with Crippen LogP contribution in [0.5, 0.6) is 0 Å². The van der Waals surface area contributed by atoms with Crippen LogP contribution in [0.15, 0.2) is 0 Å². The number of rotatable bonds is 0. The molecule has 0 spiro atoms. The lowest BCUT2D eigenvalue weighted by molar-refractivity contribution is -0.138. The van der Waals surface area contributed by atoms with Crippen molar-refractivity contribution in [1.82, 2.24) is 0 Å². The second-order valence-corrected chi connectivity index (χ2v) is 1.38. The van der Waals surface area contributed by atoms with Gasteiger partial charge in [-0.3, -0.25) is 9.59 Å². The number of Topliss-reactive ketones (excluding diaryl/α,β-unsaturated/α-hetero) is 1. The van der Waals surface area contributed by atoms with Gasteiger partial charge in [-0.15, -0.1) is 0 Å². The van der Waals surface area contributed by atoms with E-state index in [4.69, 9.17) is 0 Å². The van der Waals surface area contributed by atoms with Crippen molar-refractivity contribution in [1.29, 1.82) is 0 Å². The van der Waals surface area contributed by atoms with Crippen LogP contribution in [0.3, 0.4) is 0 Å². The van der Waals surface area contributed by atoms with Crippen LogP contribution in [0.25, 0.3) is 0 Å². The largest absolute Gasteiger partial charge is 1.00 e. The van der Waals surface area contributed by atoms with E-state index in [9.17, 15) is 9.59 Å². The molecule has 7 heavy (non-hydrogen) atoms. The van der Waals surface area contributed by atoms with E-state index in [1.54, 1.807) is 0 Å². The average Bonchev–Trinajstić information content (AvgIpc) is 1.87. The first-order chi connectivity index (χ1) is 3.29. The second-order valence-electron chi connectivity index (χ2n) is 1.38. The van der Waals surface area contributed by atoms with E-state index < -0.39 is 5.97 Å². The van der Waals surface area contributed by atoms with Gasteiger partial charge in [0.05, 0.1) is 0 Å². The Hall–Kier alpha value is -0.860. The van der Waals surface area contributed by atoms with E-state index in [1.807, 2.05) is 0 Å². The summed E-state index contributed by atoms with van der Waals surface area (Å²) in [5, 5.41) is 0. The van der Waals surface area contributed by atoms with Gasteiger partial charge in [-0.1, -0.05) is 0 Å². The lowest BCUT2D eigenvalue weighted by atomic mass is 10.3. The van der Waals surface area contributed by atoms with Crippen LogP contribution in [-0.2, 0) is 14.3 Å². The number of carbonyl (C=O) groups excluding carboxylic acids is 2. The molecule has 0 aromatic heterocycles. The van der Waals surface area contributed by atoms with Crippen LogP contribution in [0, 0.1) is 0 Å². The second kappa shape index (κ2) is 1.33. The Bertz CT molecular complexity index is 106. The average molecular weight is 101 g/mol. The minimum Gasteiger partial charge on any atom is -0.457 e. The van der Waals surface area contributed by atoms with E-state index in [-0.39, 0.29) is 20.2 Å². The molecule has 1 fully saturated rings. The van der Waals surface area contributed by atoms with Crippen LogP contribution < -0.4 is 0 Å². The van der Waals surface area contributed by atoms with Crippen LogP contribution in [0.1, 0.15) is 7.85 Å². The first kappa shape index (κ1) is 4.30. The fourth-order valence-corrected chi connectivity index (χ4v) is 0.424. The Morgan fingerprint density at radius 1 is 1.57 bits per heavy atom. The monoisotopic (exact) mass is 101 g/mol. The highest BCUT2D eigenvalue weighted by Crippen LogP contribution is 1.97. The van der Waals surface area contributed by atoms with Crippen molar-refractivity contribution in [3.8, 4) is 0 Å². The van der Waals surface area contributed by atoms with Gasteiger partial charge in [0.25, 0.3) is 0 Å². The van der Waals surface area contributed by atoms with E-state index in [0.717, 1.165) is 0 Å². The molecule has 38 valence electrons. The molecule has 0 unspecified atom stereocenters. The summed E-state index contributed by atoms with van der Waals surface area (Å²) in [5.41, 5.74) is 0. The lowest BCUT2D eigenvalue weighted by Crippen LogP contribution is -1.91. The van der Waals surface area contributed by atoms with Gasteiger partial charge in [0.15, 0.2) is 12.4 Å². The topological polar surface area (TPSA) is 43.4 Å². The standard InChI is InChI=1S/C4H4O3/c5-3-1-4(6)7-2-3/h1-2H2/p+1. The molecule has 0 saturated carbocycles. The SMILES string of the molecule is O=C1COC(=O)C1.[H+]. The molecule has 0 amide bonds. The first-order valence-electron chi connectivity index (χ1n) is 1.96. The van der Waals surface area contributed by atoms with Gasteiger partial charge in [0, 0.05) is 0 Å². The third kappa shape index (κ3) is 0.765. The van der Waals surface area contributed by atoms with Crippen molar-refractivity contribution >= 4 is 11.8 Å². The smallest absolute Gasteiger partial charge is 0.457 e. The summed E-state index contributed by atoms with van der Waals surface area (Å²) >= 11 is 0. The van der Waals surface area contributed by atoms with E-state index in [1.165, 1.54) is 0 Å². The summed E-state index contributed by atoms with van der Waals surface area (Å²) in [6, 6.07) is 0. The lowest BCUT2D eigenvalue weighted by Gasteiger charge is -1.79. The molecule has 3 heteroatoms. The Labute approximate surface area is 41.7 Å². The maximum absolute atomic E-state index is 10.1. The van der Waals surface area contributed by atoms with E-state index >= 15 is 0 Å². The van der Waals surface area contributed by atoms with Gasteiger partial charge in [0.2, 0.25) is 0 Å². The molecule has 1 heterocycles. The highest BCUT2D eigenvalue weighted by atomic mass is 16.5. The van der Waals surface area contributed by atoms with Crippen LogP contribution in [0.4, 0.5) is 0 Å². The quantitative estimate of drug-likeness (QED) is 0.308. The zero-order valence-electron chi connectivity index (χ0n) is 4.64. The van der Waals surface area contributed by atoms with Crippen molar-refractivity contribution in [2.75, 3.05) is 6.61 Å². The summed E-state index contributed by atoms with van der Waals surface area (Å²) in [5.74, 6) is -0.519. The molecule has 0 aliphatic carbocycles. The fraction of sp³-hybridized carbons (Fsp3) is 0.500. The summed E-state index contributed by atoms with van der Waals surface area (Å²) in [7, 11) is 0. The van der Waals surface area contributed by atoms with Crippen molar-refractivity contribution < 1.29 is 15.8 Å². The van der Waals surface area contributed by atoms with Crippen LogP contribution in [-0.4, -0.2) is 18.4 Å². The molecular formula is C4H5O3+. The number of esters is 1. The minimum absolute atomic E-state index is 0. The van der Waals surface area contributed by atoms with Gasteiger partial charge in [-0.2, -0.15) is 0 Å². The Kier molecular flexibility index (Phi) is 0.817. The van der Waals surface area contributed by atoms with Crippen molar-refractivity contribution in [2.24, 2.45) is 0 Å². The molecule has 0 radical (unpaired) electrons. The van der Waals surface area contributed by atoms with E-state index in [2.05, 4.69) is 4.74 Å². The highest BCUT2D eigenvalue weighted by Gasteiger charge is 2.18. The third-order valence-corrected chi connectivity index (χ3v) is 0.736. The number of hydrogen-bond acceptors (Lipinski definition) is 3. The molecule has 3 nitrogen and oxygen atoms in total. The molecule has 1 rings (SSSR count).